The van der Waals surface area contributed by atoms with Crippen LogP contribution < -0.4 is 9.47 Å². The first kappa shape index (κ1) is 15.9. The van der Waals surface area contributed by atoms with Crippen molar-refractivity contribution in [2.75, 3.05) is 20.8 Å². The highest BCUT2D eigenvalue weighted by Crippen LogP contribution is 2.33. The Labute approximate surface area is 140 Å². The highest BCUT2D eigenvalue weighted by molar-refractivity contribution is 7.09. The summed E-state index contributed by atoms with van der Waals surface area (Å²) in [6.07, 6.45) is 2.26. The average Bonchev–Trinajstić information content (AvgIpc) is 3.11. The lowest BCUT2D eigenvalue weighted by Gasteiger charge is -2.29. The molecule has 23 heavy (non-hydrogen) atoms. The Bertz CT molecular complexity index is 682. The molecule has 122 valence electrons. The Kier molecular flexibility index (Phi) is 4.86. The van der Waals surface area contributed by atoms with Gasteiger partial charge in [-0.25, -0.2) is 0 Å². The predicted octanol–water partition coefficient (Wildman–Crippen LogP) is 3.28. The number of carbonyl (C=O) groups excluding carboxylic acids is 1. The number of methoxy groups -OCH3 is 2. The number of hydrogen-bond donors (Lipinski definition) is 0. The van der Waals surface area contributed by atoms with Gasteiger partial charge in [0, 0.05) is 24.4 Å². The highest BCUT2D eigenvalue weighted by Gasteiger charge is 2.22. The molecule has 0 N–H and O–H groups in total. The van der Waals surface area contributed by atoms with E-state index in [1.165, 1.54) is 10.4 Å². The first-order valence-electron chi connectivity index (χ1n) is 7.75. The van der Waals surface area contributed by atoms with Crippen LogP contribution in [0.15, 0.2) is 29.6 Å². The van der Waals surface area contributed by atoms with Gasteiger partial charge in [-0.1, -0.05) is 6.07 Å². The van der Waals surface area contributed by atoms with Crippen molar-refractivity contribution in [3.8, 4) is 11.5 Å². The molecule has 1 aliphatic rings. The lowest BCUT2D eigenvalue weighted by atomic mass is 9.98. The third-order valence-electron chi connectivity index (χ3n) is 4.24. The van der Waals surface area contributed by atoms with E-state index in [2.05, 4.69) is 11.4 Å². The zero-order valence-electron chi connectivity index (χ0n) is 13.5. The molecule has 1 aromatic heterocycles. The molecule has 0 radical (unpaired) electrons. The third-order valence-corrected chi connectivity index (χ3v) is 5.17. The summed E-state index contributed by atoms with van der Waals surface area (Å²) in [6.45, 7) is 1.42. The number of hydrogen-bond acceptors (Lipinski definition) is 4. The molecule has 0 unspecified atom stereocenters. The van der Waals surface area contributed by atoms with Crippen molar-refractivity contribution >= 4 is 17.2 Å². The summed E-state index contributed by atoms with van der Waals surface area (Å²) in [6, 6.07) is 8.14. The Balaban J connectivity index is 1.68. The zero-order chi connectivity index (χ0) is 16.2. The molecule has 0 spiro atoms. The molecule has 3 rings (SSSR count). The Morgan fingerprint density at radius 3 is 2.61 bits per heavy atom. The molecule has 0 saturated heterocycles. The van der Waals surface area contributed by atoms with Crippen LogP contribution in [0, 0.1) is 0 Å². The van der Waals surface area contributed by atoms with E-state index < -0.39 is 0 Å². The fourth-order valence-corrected chi connectivity index (χ4v) is 3.65. The molecule has 0 atom stereocenters. The monoisotopic (exact) mass is 331 g/mol. The van der Waals surface area contributed by atoms with Crippen LogP contribution in [0.5, 0.6) is 11.5 Å². The molecule has 5 heteroatoms. The molecule has 1 aromatic carbocycles. The van der Waals surface area contributed by atoms with Crippen molar-refractivity contribution in [1.82, 2.24) is 4.90 Å². The second-order valence-corrected chi connectivity index (χ2v) is 6.65. The van der Waals surface area contributed by atoms with E-state index in [0.717, 1.165) is 36.4 Å². The van der Waals surface area contributed by atoms with Crippen LogP contribution in [-0.4, -0.2) is 31.6 Å². The number of carbonyl (C=O) groups is 1. The summed E-state index contributed by atoms with van der Waals surface area (Å²) in [4.78, 5) is 15.7. The van der Waals surface area contributed by atoms with E-state index in [1.54, 1.807) is 25.6 Å². The van der Waals surface area contributed by atoms with Crippen LogP contribution in [-0.2, 0) is 24.2 Å². The third kappa shape index (κ3) is 3.50. The van der Waals surface area contributed by atoms with Crippen molar-refractivity contribution in [3.63, 3.8) is 0 Å². The van der Waals surface area contributed by atoms with Gasteiger partial charge in [-0.15, -0.1) is 11.3 Å². The Morgan fingerprint density at radius 2 is 1.96 bits per heavy atom. The van der Waals surface area contributed by atoms with Crippen LogP contribution in [0.2, 0.25) is 0 Å². The molecular formula is C18H21NO3S. The predicted molar refractivity (Wildman–Crippen MR) is 91.3 cm³/mol. The number of rotatable bonds is 5. The van der Waals surface area contributed by atoms with Crippen LogP contribution >= 0.6 is 11.3 Å². The number of aryl methyl sites for hydroxylation is 1. The average molecular weight is 331 g/mol. The van der Waals surface area contributed by atoms with Gasteiger partial charge in [0.1, 0.15) is 0 Å². The molecule has 0 aliphatic carbocycles. The fraction of sp³-hybridized carbons (Fsp3) is 0.389. The van der Waals surface area contributed by atoms with Gasteiger partial charge < -0.3 is 14.4 Å². The maximum Gasteiger partial charge on any atom is 0.223 e. The Hall–Kier alpha value is -2.01. The van der Waals surface area contributed by atoms with Crippen molar-refractivity contribution in [2.45, 2.75) is 25.8 Å². The lowest BCUT2D eigenvalue weighted by molar-refractivity contribution is -0.132. The molecule has 2 aromatic rings. The van der Waals surface area contributed by atoms with Gasteiger partial charge in [0.2, 0.25) is 5.91 Å². The number of amides is 1. The summed E-state index contributed by atoms with van der Waals surface area (Å²) >= 11 is 1.71. The number of thiophene rings is 1. The number of benzene rings is 1. The van der Waals surface area contributed by atoms with Gasteiger partial charge in [-0.05, 0) is 47.5 Å². The molecule has 4 nitrogen and oxygen atoms in total. The van der Waals surface area contributed by atoms with Gasteiger partial charge in [0.25, 0.3) is 0 Å². The first-order valence-corrected chi connectivity index (χ1v) is 8.63. The summed E-state index contributed by atoms with van der Waals surface area (Å²) in [5.74, 6) is 1.70. The lowest BCUT2D eigenvalue weighted by Crippen LogP contribution is -2.36. The van der Waals surface area contributed by atoms with Gasteiger partial charge in [0.15, 0.2) is 11.5 Å². The van der Waals surface area contributed by atoms with Crippen LogP contribution in [0.1, 0.15) is 22.4 Å². The molecule has 0 bridgehead atoms. The van der Waals surface area contributed by atoms with Crippen molar-refractivity contribution in [2.24, 2.45) is 0 Å². The molecule has 1 amide bonds. The molecular weight excluding hydrogens is 310 g/mol. The van der Waals surface area contributed by atoms with E-state index in [-0.39, 0.29) is 5.91 Å². The number of nitrogens with zero attached hydrogens (tertiary/aromatic N) is 1. The summed E-state index contributed by atoms with van der Waals surface area (Å²) < 4.78 is 10.7. The quantitative estimate of drug-likeness (QED) is 0.844. The van der Waals surface area contributed by atoms with Crippen LogP contribution in [0.3, 0.4) is 0 Å². The standard InChI is InChI=1S/C18H21NO3S/c1-21-16-10-13-7-8-19(12-14(13)11-17(16)22-2)18(20)6-5-15-4-3-9-23-15/h3-4,9-11H,5-8,12H2,1-2H3. The van der Waals surface area contributed by atoms with Crippen molar-refractivity contribution in [1.29, 1.82) is 0 Å². The topological polar surface area (TPSA) is 38.8 Å². The number of ether oxygens (including phenoxy) is 2. The van der Waals surface area contributed by atoms with Gasteiger partial charge in [0.05, 0.1) is 14.2 Å². The summed E-state index contributed by atoms with van der Waals surface area (Å²) in [7, 11) is 3.28. The summed E-state index contributed by atoms with van der Waals surface area (Å²) in [5.41, 5.74) is 2.39. The zero-order valence-corrected chi connectivity index (χ0v) is 14.3. The van der Waals surface area contributed by atoms with E-state index in [9.17, 15) is 4.79 Å². The minimum absolute atomic E-state index is 0.221. The molecule has 0 fully saturated rings. The SMILES string of the molecule is COc1cc2c(cc1OC)CN(C(=O)CCc1cccs1)CC2. The van der Waals surface area contributed by atoms with E-state index >= 15 is 0 Å². The molecule has 2 heterocycles. The number of fused-ring (bicyclic) bond motifs is 1. The maximum atomic E-state index is 12.5. The van der Waals surface area contributed by atoms with Gasteiger partial charge >= 0.3 is 0 Å². The first-order chi connectivity index (χ1) is 11.2. The normalized spacial score (nSPS) is 13.6. The van der Waals surface area contributed by atoms with Gasteiger partial charge in [-0.2, -0.15) is 0 Å². The van der Waals surface area contributed by atoms with E-state index in [4.69, 9.17) is 9.47 Å². The van der Waals surface area contributed by atoms with Crippen LogP contribution in [0.4, 0.5) is 0 Å². The minimum atomic E-state index is 0.221. The smallest absolute Gasteiger partial charge is 0.223 e. The highest BCUT2D eigenvalue weighted by atomic mass is 32.1. The minimum Gasteiger partial charge on any atom is -0.493 e. The van der Waals surface area contributed by atoms with Crippen molar-refractivity contribution < 1.29 is 14.3 Å². The maximum absolute atomic E-state index is 12.5. The van der Waals surface area contributed by atoms with E-state index in [0.29, 0.717) is 13.0 Å². The fourth-order valence-electron chi connectivity index (χ4n) is 2.94. The van der Waals surface area contributed by atoms with Crippen molar-refractivity contribution in [3.05, 3.63) is 45.6 Å². The molecule has 1 aliphatic heterocycles. The van der Waals surface area contributed by atoms with Gasteiger partial charge in [-0.3, -0.25) is 4.79 Å². The Morgan fingerprint density at radius 1 is 1.22 bits per heavy atom. The molecule has 0 saturated carbocycles. The second-order valence-electron chi connectivity index (χ2n) is 5.62. The largest absolute Gasteiger partial charge is 0.493 e. The second kappa shape index (κ2) is 7.04. The van der Waals surface area contributed by atoms with E-state index in [1.807, 2.05) is 23.1 Å². The van der Waals surface area contributed by atoms with Crippen LogP contribution in [0.25, 0.3) is 0 Å². The summed E-state index contributed by atoms with van der Waals surface area (Å²) in [5, 5.41) is 2.05.